The van der Waals surface area contributed by atoms with Gasteiger partial charge in [-0.1, -0.05) is 6.92 Å². The van der Waals surface area contributed by atoms with Gasteiger partial charge >= 0.3 is 5.97 Å². The third-order valence-electron chi connectivity index (χ3n) is 2.45. The van der Waals surface area contributed by atoms with Gasteiger partial charge in [0.1, 0.15) is 0 Å². The Morgan fingerprint density at radius 2 is 1.81 bits per heavy atom. The second-order valence-electron chi connectivity index (χ2n) is 3.58. The molecule has 4 N–H and O–H groups in total. The lowest BCUT2D eigenvalue weighted by Gasteiger charge is -2.30. The van der Waals surface area contributed by atoms with Crippen molar-refractivity contribution in [3.63, 3.8) is 0 Å². The van der Waals surface area contributed by atoms with E-state index in [1.54, 1.807) is 6.92 Å². The summed E-state index contributed by atoms with van der Waals surface area (Å²) in [6.45, 7) is 1.37. The maximum absolute atomic E-state index is 11.6. The lowest BCUT2D eigenvalue weighted by molar-refractivity contribution is -0.136. The van der Waals surface area contributed by atoms with E-state index in [4.69, 9.17) is 15.3 Å². The van der Waals surface area contributed by atoms with E-state index in [2.05, 4.69) is 0 Å². The van der Waals surface area contributed by atoms with E-state index < -0.39 is 40.0 Å². The summed E-state index contributed by atoms with van der Waals surface area (Å²) in [7, 11) is -4.12. The van der Waals surface area contributed by atoms with E-state index in [1.807, 2.05) is 4.72 Å². The van der Waals surface area contributed by atoms with E-state index in [1.165, 1.54) is 0 Å². The molecule has 96 valence electrons. The number of hydrogen-bond donors (Lipinski definition) is 4. The Balaban J connectivity index is 5.01. The number of aliphatic hydroxyl groups is 2. The fourth-order valence-corrected chi connectivity index (χ4v) is 2.25. The largest absolute Gasteiger partial charge is 0.480 e. The zero-order chi connectivity index (χ0) is 13.0. The van der Waals surface area contributed by atoms with Crippen molar-refractivity contribution in [3.05, 3.63) is 0 Å². The van der Waals surface area contributed by atoms with Crippen LogP contribution in [0.25, 0.3) is 0 Å². The number of rotatable bonds is 7. The third-order valence-corrected chi connectivity index (χ3v) is 4.30. The number of sulfonamides is 1. The van der Waals surface area contributed by atoms with Crippen molar-refractivity contribution in [2.24, 2.45) is 0 Å². The van der Waals surface area contributed by atoms with Crippen LogP contribution < -0.4 is 4.72 Å². The van der Waals surface area contributed by atoms with Gasteiger partial charge in [-0.25, -0.2) is 13.1 Å². The normalized spacial score (nSPS) is 14.8. The Hall–Kier alpha value is -0.700. The number of carbonyl (C=O) groups is 1. The maximum Gasteiger partial charge on any atom is 0.323 e. The van der Waals surface area contributed by atoms with Crippen molar-refractivity contribution in [3.8, 4) is 0 Å². The molecule has 0 aromatic carbocycles. The Morgan fingerprint density at radius 1 is 1.38 bits per heavy atom. The third kappa shape index (κ3) is 3.41. The summed E-state index contributed by atoms with van der Waals surface area (Å²) < 4.78 is 25.1. The average molecular weight is 255 g/mol. The minimum absolute atomic E-state index is 0.144. The van der Waals surface area contributed by atoms with Crippen LogP contribution in [0.5, 0.6) is 0 Å². The summed E-state index contributed by atoms with van der Waals surface area (Å²) in [6, 6.07) is 0. The monoisotopic (exact) mass is 255 g/mol. The SMILES string of the molecule is CCC(CO)(CO)NS(=O)(=O)C(C)C(=O)O. The topological polar surface area (TPSA) is 124 Å². The summed E-state index contributed by atoms with van der Waals surface area (Å²) in [5.74, 6) is -1.49. The van der Waals surface area contributed by atoms with Crippen molar-refractivity contribution in [2.45, 2.75) is 31.1 Å². The first-order chi connectivity index (χ1) is 7.24. The molecule has 7 nitrogen and oxygen atoms in total. The zero-order valence-corrected chi connectivity index (χ0v) is 9.99. The van der Waals surface area contributed by atoms with Gasteiger partial charge in [-0.3, -0.25) is 4.79 Å². The number of aliphatic hydroxyl groups excluding tert-OH is 2. The van der Waals surface area contributed by atoms with Crippen LogP contribution in [0.1, 0.15) is 20.3 Å². The van der Waals surface area contributed by atoms with Crippen LogP contribution in [0.15, 0.2) is 0 Å². The number of nitrogens with one attached hydrogen (secondary N) is 1. The second kappa shape index (κ2) is 5.58. The fraction of sp³-hybridized carbons (Fsp3) is 0.875. The molecule has 0 heterocycles. The predicted molar refractivity (Wildman–Crippen MR) is 56.3 cm³/mol. The average Bonchev–Trinajstić information content (AvgIpc) is 2.24. The molecule has 1 atom stereocenters. The molecule has 0 aliphatic rings. The van der Waals surface area contributed by atoms with Crippen molar-refractivity contribution >= 4 is 16.0 Å². The molecule has 0 amide bonds. The molecule has 8 heteroatoms. The first-order valence-corrected chi connectivity index (χ1v) is 6.26. The molecule has 0 aromatic rings. The van der Waals surface area contributed by atoms with Gasteiger partial charge in [-0.05, 0) is 13.3 Å². The smallest absolute Gasteiger partial charge is 0.323 e. The van der Waals surface area contributed by atoms with Gasteiger partial charge in [-0.2, -0.15) is 0 Å². The predicted octanol–water partition coefficient (Wildman–Crippen LogP) is -1.49. The van der Waals surface area contributed by atoms with Gasteiger partial charge in [-0.15, -0.1) is 0 Å². The quantitative estimate of drug-likeness (QED) is 0.439. The van der Waals surface area contributed by atoms with Crippen LogP contribution in [0.3, 0.4) is 0 Å². The van der Waals surface area contributed by atoms with Crippen LogP contribution in [0.2, 0.25) is 0 Å². The molecule has 16 heavy (non-hydrogen) atoms. The summed E-state index contributed by atoms with van der Waals surface area (Å²) in [6.07, 6.45) is 0.144. The lowest BCUT2D eigenvalue weighted by atomic mass is 10.0. The number of carboxylic acid groups (broad SMARTS) is 1. The van der Waals surface area contributed by atoms with E-state index in [9.17, 15) is 13.2 Å². The summed E-state index contributed by atoms with van der Waals surface area (Å²) in [5, 5.41) is 25.0. The minimum Gasteiger partial charge on any atom is -0.480 e. The fourth-order valence-electron chi connectivity index (χ4n) is 0.933. The molecule has 0 saturated carbocycles. The van der Waals surface area contributed by atoms with Gasteiger partial charge in [0.25, 0.3) is 0 Å². The molecule has 0 aliphatic heterocycles. The Morgan fingerprint density at radius 3 is 2.06 bits per heavy atom. The van der Waals surface area contributed by atoms with Crippen LogP contribution in [0.4, 0.5) is 0 Å². The van der Waals surface area contributed by atoms with Gasteiger partial charge < -0.3 is 15.3 Å². The van der Waals surface area contributed by atoms with Gasteiger partial charge in [0, 0.05) is 0 Å². The van der Waals surface area contributed by atoms with E-state index in [-0.39, 0.29) is 6.42 Å². The minimum atomic E-state index is -4.12. The van der Waals surface area contributed by atoms with Crippen LogP contribution in [0, 0.1) is 0 Å². The molecule has 0 rings (SSSR count). The molecule has 0 aromatic heterocycles. The molecular formula is C8H17NO6S. The summed E-state index contributed by atoms with van der Waals surface area (Å²) >= 11 is 0. The second-order valence-corrected chi connectivity index (χ2v) is 5.58. The first-order valence-electron chi connectivity index (χ1n) is 4.72. The summed E-state index contributed by atoms with van der Waals surface area (Å²) in [4.78, 5) is 10.6. The van der Waals surface area contributed by atoms with Crippen molar-refractivity contribution in [1.29, 1.82) is 0 Å². The van der Waals surface area contributed by atoms with Gasteiger partial charge in [0.2, 0.25) is 10.0 Å². The Bertz CT molecular complexity index is 326. The summed E-state index contributed by atoms with van der Waals surface area (Å²) in [5.41, 5.74) is -1.41. The van der Waals surface area contributed by atoms with Gasteiger partial charge in [0.15, 0.2) is 5.25 Å². The Labute approximate surface area is 94.1 Å². The molecule has 0 saturated heterocycles. The molecule has 0 aliphatic carbocycles. The molecular weight excluding hydrogens is 238 g/mol. The van der Waals surface area contributed by atoms with E-state index in [0.717, 1.165) is 6.92 Å². The molecule has 1 unspecified atom stereocenters. The van der Waals surface area contributed by atoms with E-state index in [0.29, 0.717) is 0 Å². The number of hydrogen-bond acceptors (Lipinski definition) is 5. The highest BCUT2D eigenvalue weighted by molar-refractivity contribution is 7.90. The van der Waals surface area contributed by atoms with Gasteiger partial charge in [0.05, 0.1) is 18.8 Å². The van der Waals surface area contributed by atoms with Crippen LogP contribution in [-0.4, -0.2) is 53.7 Å². The highest BCUT2D eigenvalue weighted by Gasteiger charge is 2.37. The molecule has 0 bridgehead atoms. The van der Waals surface area contributed by atoms with Crippen molar-refractivity contribution < 1.29 is 28.5 Å². The molecule has 0 spiro atoms. The number of carboxylic acids is 1. The Kier molecular flexibility index (Phi) is 5.33. The standard InChI is InChI=1S/C8H17NO6S/c1-3-8(4-10,5-11)9-16(14,15)6(2)7(12)13/h6,9-11H,3-5H2,1-2H3,(H,12,13). The first kappa shape index (κ1) is 15.3. The van der Waals surface area contributed by atoms with Crippen LogP contribution in [-0.2, 0) is 14.8 Å². The zero-order valence-electron chi connectivity index (χ0n) is 9.17. The molecule has 0 fully saturated rings. The number of aliphatic carboxylic acids is 1. The molecule has 0 radical (unpaired) electrons. The highest BCUT2D eigenvalue weighted by Crippen LogP contribution is 2.12. The highest BCUT2D eigenvalue weighted by atomic mass is 32.2. The maximum atomic E-state index is 11.6. The van der Waals surface area contributed by atoms with E-state index >= 15 is 0 Å². The van der Waals surface area contributed by atoms with Crippen molar-refractivity contribution in [1.82, 2.24) is 4.72 Å². The van der Waals surface area contributed by atoms with Crippen molar-refractivity contribution in [2.75, 3.05) is 13.2 Å². The lowest BCUT2D eigenvalue weighted by Crippen LogP contribution is -2.56. The van der Waals surface area contributed by atoms with Crippen LogP contribution >= 0.6 is 0 Å².